The smallest absolute Gasteiger partial charge is 0.319 e. The number of ether oxygens (including phenoxy) is 2. The number of piperidine rings is 1. The lowest BCUT2D eigenvalue weighted by atomic mass is 9.96. The Morgan fingerprint density at radius 1 is 1.00 bits per heavy atom. The summed E-state index contributed by atoms with van der Waals surface area (Å²) in [4.78, 5) is 29.1. The van der Waals surface area contributed by atoms with Crippen LogP contribution in [0.1, 0.15) is 39.5 Å². The number of likely N-dealkylation sites (tertiary alicyclic amines) is 2. The molecule has 7 heteroatoms. The molecule has 154 valence electrons. The minimum Gasteiger partial charge on any atom is -0.494 e. The minimum absolute atomic E-state index is 0.0251. The molecule has 2 fully saturated rings. The monoisotopic (exact) mass is 389 g/mol. The second-order valence-electron chi connectivity index (χ2n) is 7.25. The lowest BCUT2D eigenvalue weighted by Gasteiger charge is -2.34. The van der Waals surface area contributed by atoms with Gasteiger partial charge in [-0.25, -0.2) is 4.79 Å². The van der Waals surface area contributed by atoms with E-state index in [1.807, 2.05) is 35.8 Å². The molecule has 0 spiro atoms. The van der Waals surface area contributed by atoms with Crippen LogP contribution in [0.2, 0.25) is 0 Å². The first-order chi connectivity index (χ1) is 13.6. The van der Waals surface area contributed by atoms with Gasteiger partial charge in [0.1, 0.15) is 11.5 Å². The van der Waals surface area contributed by atoms with E-state index in [0.717, 1.165) is 25.9 Å². The molecule has 3 rings (SSSR count). The third kappa shape index (κ3) is 4.88. The van der Waals surface area contributed by atoms with E-state index in [4.69, 9.17) is 9.47 Å². The largest absolute Gasteiger partial charge is 0.494 e. The summed E-state index contributed by atoms with van der Waals surface area (Å²) in [7, 11) is 0. The summed E-state index contributed by atoms with van der Waals surface area (Å²) in [6, 6.07) is 5.59. The molecule has 28 heavy (non-hydrogen) atoms. The van der Waals surface area contributed by atoms with E-state index in [9.17, 15) is 9.59 Å². The Balaban J connectivity index is 1.58. The fourth-order valence-electron chi connectivity index (χ4n) is 3.82. The molecular weight excluding hydrogens is 358 g/mol. The Labute approximate surface area is 167 Å². The zero-order chi connectivity index (χ0) is 19.9. The molecule has 3 amide bonds. The minimum atomic E-state index is -0.104. The lowest BCUT2D eigenvalue weighted by Crippen LogP contribution is -2.47. The molecule has 1 aromatic carbocycles. The summed E-state index contributed by atoms with van der Waals surface area (Å²) in [5, 5.41) is 3.01. The number of nitrogens with one attached hydrogen (secondary N) is 1. The van der Waals surface area contributed by atoms with Gasteiger partial charge in [-0.15, -0.1) is 0 Å². The molecule has 2 aliphatic rings. The Bertz CT molecular complexity index is 680. The van der Waals surface area contributed by atoms with Crippen molar-refractivity contribution in [1.82, 2.24) is 9.80 Å². The predicted octanol–water partition coefficient (Wildman–Crippen LogP) is 3.35. The van der Waals surface area contributed by atoms with Gasteiger partial charge in [-0.2, -0.15) is 0 Å². The lowest BCUT2D eigenvalue weighted by molar-refractivity contribution is -0.121. The number of hydrogen-bond donors (Lipinski definition) is 1. The van der Waals surface area contributed by atoms with Crippen LogP contribution < -0.4 is 14.8 Å². The number of nitrogens with zero attached hydrogens (tertiary/aromatic N) is 2. The molecule has 1 aromatic rings. The van der Waals surface area contributed by atoms with Crippen molar-refractivity contribution in [2.75, 3.05) is 44.7 Å². The highest BCUT2D eigenvalue weighted by atomic mass is 16.5. The normalized spacial score (nSPS) is 17.5. The molecule has 0 saturated carbocycles. The Kier molecular flexibility index (Phi) is 7.01. The fraction of sp³-hybridized carbons (Fsp3) is 0.619. The van der Waals surface area contributed by atoms with Gasteiger partial charge in [-0.1, -0.05) is 0 Å². The van der Waals surface area contributed by atoms with E-state index in [0.29, 0.717) is 56.3 Å². The summed E-state index contributed by atoms with van der Waals surface area (Å²) in [5.74, 6) is 1.21. The summed E-state index contributed by atoms with van der Waals surface area (Å²) < 4.78 is 11.2. The summed E-state index contributed by atoms with van der Waals surface area (Å²) in [5.41, 5.74) is 0.633. The first-order valence-corrected chi connectivity index (χ1v) is 10.4. The van der Waals surface area contributed by atoms with Crippen molar-refractivity contribution in [2.24, 2.45) is 5.92 Å². The molecule has 2 aliphatic heterocycles. The number of anilines is 1. The van der Waals surface area contributed by atoms with Crippen molar-refractivity contribution in [1.29, 1.82) is 0 Å². The first-order valence-electron chi connectivity index (χ1n) is 10.4. The van der Waals surface area contributed by atoms with Crippen molar-refractivity contribution in [3.05, 3.63) is 18.2 Å². The van der Waals surface area contributed by atoms with Gasteiger partial charge in [-0.05, 0) is 51.7 Å². The van der Waals surface area contributed by atoms with Gasteiger partial charge in [0.05, 0.1) is 18.9 Å². The van der Waals surface area contributed by atoms with Crippen molar-refractivity contribution in [3.8, 4) is 11.5 Å². The van der Waals surface area contributed by atoms with Gasteiger partial charge in [0.15, 0.2) is 0 Å². The van der Waals surface area contributed by atoms with Crippen LogP contribution in [-0.2, 0) is 4.79 Å². The third-order valence-electron chi connectivity index (χ3n) is 5.33. The van der Waals surface area contributed by atoms with E-state index < -0.39 is 0 Å². The molecular formula is C21H31N3O4. The van der Waals surface area contributed by atoms with Crippen LogP contribution >= 0.6 is 0 Å². The molecule has 0 aliphatic carbocycles. The maximum Gasteiger partial charge on any atom is 0.319 e. The highest BCUT2D eigenvalue weighted by Crippen LogP contribution is 2.31. The van der Waals surface area contributed by atoms with Gasteiger partial charge >= 0.3 is 6.03 Å². The Morgan fingerprint density at radius 3 is 2.29 bits per heavy atom. The first kappa shape index (κ1) is 20.3. The molecule has 0 radical (unpaired) electrons. The Hall–Kier alpha value is -2.44. The molecule has 0 unspecified atom stereocenters. The number of benzene rings is 1. The van der Waals surface area contributed by atoms with Gasteiger partial charge in [0, 0.05) is 38.2 Å². The van der Waals surface area contributed by atoms with Crippen molar-refractivity contribution in [3.63, 3.8) is 0 Å². The zero-order valence-corrected chi connectivity index (χ0v) is 16.9. The quantitative estimate of drug-likeness (QED) is 0.810. The van der Waals surface area contributed by atoms with E-state index in [2.05, 4.69) is 5.32 Å². The molecule has 7 nitrogen and oxygen atoms in total. The fourth-order valence-corrected chi connectivity index (χ4v) is 3.82. The van der Waals surface area contributed by atoms with Crippen molar-refractivity contribution >= 4 is 17.6 Å². The number of rotatable bonds is 6. The van der Waals surface area contributed by atoms with E-state index >= 15 is 0 Å². The third-order valence-corrected chi connectivity index (χ3v) is 5.33. The molecule has 2 heterocycles. The molecule has 2 saturated heterocycles. The number of carbonyl (C=O) groups is 2. The maximum atomic E-state index is 12.8. The van der Waals surface area contributed by atoms with Crippen LogP contribution in [0.4, 0.5) is 10.5 Å². The summed E-state index contributed by atoms with van der Waals surface area (Å²) in [6.45, 7) is 7.89. The number of hydrogen-bond acceptors (Lipinski definition) is 4. The van der Waals surface area contributed by atoms with Crippen LogP contribution in [0.15, 0.2) is 18.2 Å². The van der Waals surface area contributed by atoms with E-state index in [1.54, 1.807) is 6.07 Å². The molecule has 1 N–H and O–H groups in total. The van der Waals surface area contributed by atoms with Crippen molar-refractivity contribution < 1.29 is 19.1 Å². The second-order valence-corrected chi connectivity index (χ2v) is 7.25. The van der Waals surface area contributed by atoms with Gasteiger partial charge < -0.3 is 24.6 Å². The SMILES string of the molecule is CCOc1ccc(OCC)c(NC(=O)C2CCN(C(=O)N3CCCC3)CC2)c1. The maximum absolute atomic E-state index is 12.8. The van der Waals surface area contributed by atoms with Crippen LogP contribution in [0.25, 0.3) is 0 Å². The van der Waals surface area contributed by atoms with Crippen LogP contribution in [-0.4, -0.2) is 61.1 Å². The second kappa shape index (κ2) is 9.66. The standard InChI is InChI=1S/C21H31N3O4/c1-3-27-17-7-8-19(28-4-2)18(15-17)22-20(25)16-9-13-24(14-10-16)21(26)23-11-5-6-12-23/h7-8,15-16H,3-6,9-14H2,1-2H3,(H,22,25). The van der Waals surface area contributed by atoms with Gasteiger partial charge in [0.2, 0.25) is 5.91 Å². The van der Waals surface area contributed by atoms with Gasteiger partial charge in [0.25, 0.3) is 0 Å². The van der Waals surface area contributed by atoms with Crippen LogP contribution in [0.5, 0.6) is 11.5 Å². The summed E-state index contributed by atoms with van der Waals surface area (Å²) in [6.07, 6.45) is 3.54. The average molecular weight is 389 g/mol. The highest BCUT2D eigenvalue weighted by molar-refractivity contribution is 5.94. The van der Waals surface area contributed by atoms with Crippen molar-refractivity contribution in [2.45, 2.75) is 39.5 Å². The van der Waals surface area contributed by atoms with E-state index in [-0.39, 0.29) is 17.9 Å². The van der Waals surface area contributed by atoms with Gasteiger partial charge in [-0.3, -0.25) is 4.79 Å². The highest BCUT2D eigenvalue weighted by Gasteiger charge is 2.30. The van der Waals surface area contributed by atoms with Crippen LogP contribution in [0.3, 0.4) is 0 Å². The Morgan fingerprint density at radius 2 is 1.64 bits per heavy atom. The van der Waals surface area contributed by atoms with E-state index in [1.165, 1.54) is 0 Å². The molecule has 0 aromatic heterocycles. The molecule has 0 bridgehead atoms. The summed E-state index contributed by atoms with van der Waals surface area (Å²) >= 11 is 0. The number of urea groups is 1. The topological polar surface area (TPSA) is 71.1 Å². The van der Waals surface area contributed by atoms with Crippen LogP contribution in [0, 0.1) is 5.92 Å². The number of carbonyl (C=O) groups excluding carboxylic acids is 2. The zero-order valence-electron chi connectivity index (χ0n) is 16.9. The molecule has 0 atom stereocenters. The number of amides is 3. The average Bonchev–Trinajstić information content (AvgIpc) is 3.25. The predicted molar refractivity (Wildman–Crippen MR) is 108 cm³/mol.